The monoisotopic (exact) mass is 398 g/mol. The summed E-state index contributed by atoms with van der Waals surface area (Å²) in [6.07, 6.45) is 3.36. The van der Waals surface area contributed by atoms with Crippen LogP contribution in [0.15, 0.2) is 82.3 Å². The molecule has 1 aliphatic rings. The van der Waals surface area contributed by atoms with Crippen LogP contribution in [0.4, 0.5) is 0 Å². The Kier molecular flexibility index (Phi) is 4.32. The Morgan fingerprint density at radius 3 is 2.63 bits per heavy atom. The maximum atomic E-state index is 13.4. The van der Waals surface area contributed by atoms with Crippen LogP contribution < -0.4 is 10.2 Å². The van der Waals surface area contributed by atoms with Crippen LogP contribution in [0.1, 0.15) is 33.3 Å². The van der Waals surface area contributed by atoms with Crippen molar-refractivity contribution in [3.8, 4) is 5.75 Å². The lowest BCUT2D eigenvalue weighted by molar-refractivity contribution is 0.0714. The molecule has 1 aliphatic heterocycles. The van der Waals surface area contributed by atoms with Gasteiger partial charge in [0.05, 0.1) is 24.1 Å². The maximum absolute atomic E-state index is 13.4. The molecule has 0 bridgehead atoms. The van der Waals surface area contributed by atoms with E-state index in [-0.39, 0.29) is 17.1 Å². The molecular formula is C24H18N2O4. The zero-order valence-corrected chi connectivity index (χ0v) is 16.2. The van der Waals surface area contributed by atoms with Crippen molar-refractivity contribution in [1.29, 1.82) is 0 Å². The van der Waals surface area contributed by atoms with Crippen molar-refractivity contribution in [2.24, 2.45) is 0 Å². The van der Waals surface area contributed by atoms with E-state index in [0.717, 1.165) is 11.1 Å². The van der Waals surface area contributed by atoms with Crippen molar-refractivity contribution in [1.82, 2.24) is 9.88 Å². The topological polar surface area (TPSA) is 72.6 Å². The fourth-order valence-corrected chi connectivity index (χ4v) is 3.97. The molecule has 0 spiro atoms. The molecule has 1 amide bonds. The maximum Gasteiger partial charge on any atom is 0.291 e. The minimum absolute atomic E-state index is 0.0978. The molecule has 30 heavy (non-hydrogen) atoms. The van der Waals surface area contributed by atoms with Crippen LogP contribution in [0.2, 0.25) is 0 Å². The van der Waals surface area contributed by atoms with Crippen molar-refractivity contribution in [3.05, 3.63) is 106 Å². The van der Waals surface area contributed by atoms with Gasteiger partial charge >= 0.3 is 0 Å². The first-order valence-corrected chi connectivity index (χ1v) is 9.57. The molecule has 0 aliphatic carbocycles. The summed E-state index contributed by atoms with van der Waals surface area (Å²) in [4.78, 5) is 32.5. The van der Waals surface area contributed by atoms with Gasteiger partial charge in [-0.3, -0.25) is 14.6 Å². The Labute approximate surface area is 172 Å². The van der Waals surface area contributed by atoms with E-state index in [4.69, 9.17) is 9.15 Å². The van der Waals surface area contributed by atoms with Crippen LogP contribution in [0, 0.1) is 0 Å². The average Bonchev–Trinajstić information content (AvgIpc) is 3.06. The fourth-order valence-electron chi connectivity index (χ4n) is 3.97. The predicted molar refractivity (Wildman–Crippen MR) is 111 cm³/mol. The van der Waals surface area contributed by atoms with Crippen LogP contribution >= 0.6 is 0 Å². The number of amides is 1. The van der Waals surface area contributed by atoms with Gasteiger partial charge in [0, 0.05) is 18.9 Å². The van der Waals surface area contributed by atoms with Crippen molar-refractivity contribution in [3.63, 3.8) is 0 Å². The minimum Gasteiger partial charge on any atom is -0.497 e. The number of pyridine rings is 1. The van der Waals surface area contributed by atoms with Crippen LogP contribution in [0.3, 0.4) is 0 Å². The van der Waals surface area contributed by atoms with E-state index < -0.39 is 6.04 Å². The molecule has 0 saturated carbocycles. The molecule has 0 unspecified atom stereocenters. The highest BCUT2D eigenvalue weighted by Crippen LogP contribution is 2.39. The minimum atomic E-state index is -0.573. The third-order valence-electron chi connectivity index (χ3n) is 5.38. The van der Waals surface area contributed by atoms with E-state index in [1.807, 2.05) is 36.4 Å². The number of hydrogen-bond donors (Lipinski definition) is 0. The molecule has 4 aromatic rings. The third kappa shape index (κ3) is 2.85. The summed E-state index contributed by atoms with van der Waals surface area (Å²) >= 11 is 0. The number of rotatable bonds is 4. The normalized spacial score (nSPS) is 15.4. The largest absolute Gasteiger partial charge is 0.497 e. The fraction of sp³-hybridized carbons (Fsp3) is 0.125. The SMILES string of the molecule is COc1cccc([C@@H]2c3c(oc4ccccc4c3=O)C(=O)N2Cc2ccncc2)c1. The van der Waals surface area contributed by atoms with E-state index in [2.05, 4.69) is 4.98 Å². The Balaban J connectivity index is 1.74. The number of carbonyl (C=O) groups excluding carboxylic acids is 1. The zero-order chi connectivity index (χ0) is 20.7. The summed E-state index contributed by atoms with van der Waals surface area (Å²) in [5.74, 6) is 0.445. The van der Waals surface area contributed by atoms with Crippen molar-refractivity contribution in [2.75, 3.05) is 7.11 Å². The Morgan fingerprint density at radius 1 is 1.03 bits per heavy atom. The number of fused-ring (bicyclic) bond motifs is 2. The summed E-state index contributed by atoms with van der Waals surface area (Å²) in [6, 6.07) is 17.6. The Hall–Kier alpha value is -3.93. The number of benzene rings is 2. The average molecular weight is 398 g/mol. The van der Waals surface area contributed by atoms with Gasteiger partial charge in [0.2, 0.25) is 5.76 Å². The highest BCUT2D eigenvalue weighted by molar-refractivity contribution is 5.99. The number of methoxy groups -OCH3 is 1. The lowest BCUT2D eigenvalue weighted by Crippen LogP contribution is -2.29. The molecule has 3 heterocycles. The molecule has 0 saturated heterocycles. The smallest absolute Gasteiger partial charge is 0.291 e. The van der Waals surface area contributed by atoms with Gasteiger partial charge < -0.3 is 14.1 Å². The van der Waals surface area contributed by atoms with Crippen molar-refractivity contribution >= 4 is 16.9 Å². The van der Waals surface area contributed by atoms with Gasteiger partial charge in [0.15, 0.2) is 5.43 Å². The molecule has 5 rings (SSSR count). The highest BCUT2D eigenvalue weighted by Gasteiger charge is 2.42. The third-order valence-corrected chi connectivity index (χ3v) is 5.38. The van der Waals surface area contributed by atoms with Crippen LogP contribution in [0.5, 0.6) is 5.75 Å². The molecule has 6 heteroatoms. The van der Waals surface area contributed by atoms with Gasteiger partial charge in [-0.25, -0.2) is 0 Å². The van der Waals surface area contributed by atoms with Gasteiger partial charge in [0.25, 0.3) is 5.91 Å². The van der Waals surface area contributed by atoms with Gasteiger partial charge in [0.1, 0.15) is 11.3 Å². The van der Waals surface area contributed by atoms with E-state index in [1.165, 1.54) is 0 Å². The number of ether oxygens (including phenoxy) is 1. The van der Waals surface area contributed by atoms with Gasteiger partial charge in [-0.15, -0.1) is 0 Å². The second kappa shape index (κ2) is 7.15. The summed E-state index contributed by atoms with van der Waals surface area (Å²) in [5, 5.41) is 0.461. The lowest BCUT2D eigenvalue weighted by atomic mass is 9.98. The molecule has 0 radical (unpaired) electrons. The second-order valence-electron chi connectivity index (χ2n) is 7.14. The number of para-hydroxylation sites is 1. The van der Waals surface area contributed by atoms with Crippen LogP contribution in [-0.4, -0.2) is 22.9 Å². The number of aromatic nitrogens is 1. The quantitative estimate of drug-likeness (QED) is 0.521. The molecular weight excluding hydrogens is 380 g/mol. The van der Waals surface area contributed by atoms with Crippen molar-refractivity contribution < 1.29 is 13.9 Å². The first-order valence-electron chi connectivity index (χ1n) is 9.57. The first kappa shape index (κ1) is 18.1. The standard InChI is InChI=1S/C24H18N2O4/c1-29-17-6-4-5-16(13-17)21-20-22(27)18-7-2-3-8-19(18)30-23(20)24(28)26(21)14-15-9-11-25-12-10-15/h2-13,21H,14H2,1H3/t21-/m1/s1. The first-order chi connectivity index (χ1) is 14.7. The molecule has 0 N–H and O–H groups in total. The number of carbonyl (C=O) groups is 1. The second-order valence-corrected chi connectivity index (χ2v) is 7.14. The number of hydrogen-bond acceptors (Lipinski definition) is 5. The number of nitrogens with zero attached hydrogens (tertiary/aromatic N) is 2. The molecule has 2 aromatic heterocycles. The van der Waals surface area contributed by atoms with E-state index in [0.29, 0.717) is 28.8 Å². The summed E-state index contributed by atoms with van der Waals surface area (Å²) in [7, 11) is 1.59. The van der Waals surface area contributed by atoms with Crippen LogP contribution in [-0.2, 0) is 6.54 Å². The van der Waals surface area contributed by atoms with E-state index in [9.17, 15) is 9.59 Å². The lowest BCUT2D eigenvalue weighted by Gasteiger charge is -2.25. The van der Waals surface area contributed by atoms with Gasteiger partial charge in [-0.05, 0) is 47.5 Å². The summed E-state index contributed by atoms with van der Waals surface area (Å²) in [6.45, 7) is 0.323. The van der Waals surface area contributed by atoms with Gasteiger partial charge in [-0.1, -0.05) is 24.3 Å². The highest BCUT2D eigenvalue weighted by atomic mass is 16.5. The molecule has 6 nitrogen and oxygen atoms in total. The van der Waals surface area contributed by atoms with E-state index >= 15 is 0 Å². The predicted octanol–water partition coefficient (Wildman–Crippen LogP) is 3.94. The zero-order valence-electron chi connectivity index (χ0n) is 16.2. The van der Waals surface area contributed by atoms with E-state index in [1.54, 1.807) is 48.7 Å². The Bertz CT molecular complexity index is 1310. The summed E-state index contributed by atoms with van der Waals surface area (Å²) in [5.41, 5.74) is 2.28. The molecule has 1 atom stereocenters. The molecule has 148 valence electrons. The van der Waals surface area contributed by atoms with Crippen molar-refractivity contribution in [2.45, 2.75) is 12.6 Å². The summed E-state index contributed by atoms with van der Waals surface area (Å²) < 4.78 is 11.3. The van der Waals surface area contributed by atoms with Crippen LogP contribution in [0.25, 0.3) is 11.0 Å². The molecule has 0 fully saturated rings. The van der Waals surface area contributed by atoms with Gasteiger partial charge in [-0.2, -0.15) is 0 Å². The molecule has 2 aromatic carbocycles. The Morgan fingerprint density at radius 2 is 1.83 bits per heavy atom.